The first-order chi connectivity index (χ1) is 34.3. The molecule has 0 unspecified atom stereocenters. The van der Waals surface area contributed by atoms with Gasteiger partial charge in [-0.3, -0.25) is 24.4 Å². The third-order valence-corrected chi connectivity index (χ3v) is 16.0. The number of benzene rings is 1. The number of amides is 1. The van der Waals surface area contributed by atoms with Gasteiger partial charge in [-0.1, -0.05) is 57.0 Å². The molecule has 0 saturated carbocycles. The lowest BCUT2D eigenvalue weighted by Crippen LogP contribution is -2.60. The average molecular weight is 1040 g/mol. The van der Waals surface area contributed by atoms with E-state index in [9.17, 15) is 35.1 Å². The number of aliphatic hydroxyl groups is 5. The number of likely N-dealkylation sites (N-methyl/N-ethyl adjacent to an activating group) is 2. The number of nitrogens with zero attached hydrogens (tertiary/aromatic N) is 5. The number of carbonyl (C=O) groups excluding carboxylic acids is 2. The van der Waals surface area contributed by atoms with Crippen LogP contribution in [0.25, 0.3) is 11.3 Å². The molecule has 0 spiro atoms. The molecule has 1 aromatic carbocycles. The molecule has 3 saturated heterocycles. The fourth-order valence-corrected chi connectivity index (χ4v) is 11.4. The summed E-state index contributed by atoms with van der Waals surface area (Å²) in [7, 11) is 5.28. The van der Waals surface area contributed by atoms with E-state index in [0.29, 0.717) is 32.5 Å². The Labute approximate surface area is 432 Å². The Morgan fingerprint density at radius 2 is 1.67 bits per heavy atom. The zero-order valence-corrected chi connectivity index (χ0v) is 45.7. The Bertz CT molecular complexity index is 2040. The van der Waals surface area contributed by atoms with Crippen molar-refractivity contribution in [2.75, 3.05) is 27.7 Å². The normalized spacial score (nSPS) is 38.6. The van der Waals surface area contributed by atoms with Crippen molar-refractivity contribution in [1.82, 2.24) is 30.3 Å². The van der Waals surface area contributed by atoms with Crippen LogP contribution in [0.1, 0.15) is 133 Å². The fourth-order valence-electron chi connectivity index (χ4n) is 11.4. The molecule has 416 valence electrons. The standard InChI is InChI=1S/C53H90N6O14/c1-14-41-53(10,66)46(62)35(6)57(11)28-31(2)26-51(8,65)48(33(4)45(34(5)49(64)71-41)72-43-27-52(9,68-13)47(63)36(7)70-43)73-50-44(61)40(24-32(3)69-50)58(12)29-37-20-19-21-38(25-37)39-30-59(56-54-39)23-18-16-15-17-22-42(60)55-67/h19-21,25,30-36,40-41,43-48,50,61-63,65-67H,14-18,22-24,26-29H2,1-13H3,(H,55,60)/t31-,32-,33+,34-,35-,36+,40+,41-,43+,44-,45+,46-,47+,48-,50+,51-,52-,53-/m1/s1. The van der Waals surface area contributed by atoms with E-state index in [0.717, 1.165) is 36.1 Å². The maximum absolute atomic E-state index is 14.5. The molecule has 4 heterocycles. The Morgan fingerprint density at radius 1 is 0.973 bits per heavy atom. The van der Waals surface area contributed by atoms with Crippen LogP contribution in [0.5, 0.6) is 0 Å². The SMILES string of the molecule is CC[C@H]1OC(=O)[C@H](C)[C@@H](O[C@H]2C[C@@](C)(OC)[C@@H](O)[C@H](C)O2)[C@H](C)[C@@H](O[C@@H]2O[C@H](C)C[C@H](N(C)Cc3cccc(-c4cn(CCCCCCC(=O)NO)nn4)c3)[C@H]2O)[C@](C)(O)C[C@@H](C)CN(C)[C@H](C)[C@@H](O)[C@]1(C)O. The summed E-state index contributed by atoms with van der Waals surface area (Å²) in [6, 6.07) is 6.99. The van der Waals surface area contributed by atoms with Crippen LogP contribution in [-0.4, -0.2) is 185 Å². The minimum absolute atomic E-state index is 0.0957. The zero-order valence-electron chi connectivity index (χ0n) is 45.7. The van der Waals surface area contributed by atoms with E-state index >= 15 is 0 Å². The second-order valence-electron chi connectivity index (χ2n) is 22.4. The van der Waals surface area contributed by atoms with Crippen LogP contribution in [0.3, 0.4) is 0 Å². The van der Waals surface area contributed by atoms with Gasteiger partial charge in [0, 0.05) is 63.2 Å². The molecule has 3 fully saturated rings. The van der Waals surface area contributed by atoms with Gasteiger partial charge >= 0.3 is 5.97 Å². The second-order valence-corrected chi connectivity index (χ2v) is 22.4. The molecule has 0 aliphatic carbocycles. The van der Waals surface area contributed by atoms with Gasteiger partial charge in [0.1, 0.15) is 35.7 Å². The summed E-state index contributed by atoms with van der Waals surface area (Å²) in [5, 5.41) is 77.4. The van der Waals surface area contributed by atoms with Crippen LogP contribution in [0.2, 0.25) is 0 Å². The first kappa shape index (κ1) is 60.6. The molecule has 0 bridgehead atoms. The van der Waals surface area contributed by atoms with Crippen molar-refractivity contribution in [3.8, 4) is 11.3 Å². The average Bonchev–Trinajstić information content (AvgIpc) is 3.82. The van der Waals surface area contributed by atoms with E-state index in [4.69, 9.17) is 33.6 Å². The number of nitrogens with one attached hydrogen (secondary N) is 1. The number of cyclic esters (lactones) is 1. The molecule has 1 aromatic heterocycles. The number of methoxy groups -OCH3 is 1. The molecule has 73 heavy (non-hydrogen) atoms. The van der Waals surface area contributed by atoms with Crippen LogP contribution >= 0.6 is 0 Å². The van der Waals surface area contributed by atoms with Crippen LogP contribution in [0.15, 0.2) is 30.5 Å². The van der Waals surface area contributed by atoms with Crippen molar-refractivity contribution in [3.05, 3.63) is 36.0 Å². The van der Waals surface area contributed by atoms with E-state index in [-0.39, 0.29) is 43.6 Å². The molecule has 20 nitrogen and oxygen atoms in total. The molecule has 18 atom stereocenters. The predicted molar refractivity (Wildman–Crippen MR) is 270 cm³/mol. The lowest BCUT2D eigenvalue weighted by Gasteiger charge is -2.49. The van der Waals surface area contributed by atoms with Gasteiger partial charge < -0.3 is 58.9 Å². The van der Waals surface area contributed by atoms with Gasteiger partial charge in [-0.05, 0) is 112 Å². The van der Waals surface area contributed by atoms with E-state index in [2.05, 4.69) is 21.3 Å². The van der Waals surface area contributed by atoms with Gasteiger partial charge in [-0.2, -0.15) is 0 Å². The van der Waals surface area contributed by atoms with Crippen molar-refractivity contribution in [2.24, 2.45) is 17.8 Å². The highest BCUT2D eigenvalue weighted by atomic mass is 16.7. The number of esters is 1. The summed E-state index contributed by atoms with van der Waals surface area (Å²) < 4.78 is 40.2. The van der Waals surface area contributed by atoms with Crippen molar-refractivity contribution in [1.29, 1.82) is 0 Å². The quantitative estimate of drug-likeness (QED) is 0.0507. The van der Waals surface area contributed by atoms with Gasteiger partial charge in [0.25, 0.3) is 0 Å². The second kappa shape index (κ2) is 26.2. The first-order valence-electron chi connectivity index (χ1n) is 26.5. The predicted octanol–water partition coefficient (Wildman–Crippen LogP) is 4.19. The lowest BCUT2D eigenvalue weighted by atomic mass is 9.77. The number of unbranched alkanes of at least 4 members (excludes halogenated alkanes) is 3. The third kappa shape index (κ3) is 15.3. The molecule has 3 aliphatic heterocycles. The van der Waals surface area contributed by atoms with E-state index in [1.54, 1.807) is 47.0 Å². The smallest absolute Gasteiger partial charge is 0.311 e. The molecule has 1 amide bonds. The van der Waals surface area contributed by atoms with Gasteiger partial charge in [-0.15, -0.1) is 5.10 Å². The first-order valence-corrected chi connectivity index (χ1v) is 26.5. The molecule has 0 radical (unpaired) electrons. The summed E-state index contributed by atoms with van der Waals surface area (Å²) in [4.78, 5) is 29.8. The Kier molecular flexibility index (Phi) is 21.8. The molecule has 3 aliphatic rings. The van der Waals surface area contributed by atoms with E-state index in [1.807, 2.05) is 68.8 Å². The Hall–Kier alpha value is -3.22. The number of hydrogen-bond acceptors (Lipinski definition) is 18. The number of aryl methyl sites for hydroxylation is 1. The minimum atomic E-state index is -1.84. The number of aliphatic hydroxyl groups excluding tert-OH is 3. The molecule has 20 heteroatoms. The number of aromatic nitrogens is 3. The number of hydrogen-bond donors (Lipinski definition) is 7. The fraction of sp³-hybridized carbons (Fsp3) is 0.811. The van der Waals surface area contributed by atoms with Crippen molar-refractivity contribution < 1.29 is 68.8 Å². The van der Waals surface area contributed by atoms with Crippen LogP contribution in [-0.2, 0) is 51.1 Å². The van der Waals surface area contributed by atoms with Gasteiger partial charge in [-0.25, -0.2) is 5.48 Å². The minimum Gasteiger partial charge on any atom is -0.459 e. The summed E-state index contributed by atoms with van der Waals surface area (Å²) in [5.74, 6) is -3.19. The summed E-state index contributed by atoms with van der Waals surface area (Å²) >= 11 is 0. The Morgan fingerprint density at radius 3 is 2.34 bits per heavy atom. The topological polar surface area (TPSA) is 260 Å². The molecule has 5 rings (SSSR count). The van der Waals surface area contributed by atoms with E-state index < -0.39 is 102 Å². The monoisotopic (exact) mass is 1030 g/mol. The Balaban J connectivity index is 1.42. The summed E-state index contributed by atoms with van der Waals surface area (Å²) in [5.41, 5.74) is -0.294. The number of hydroxylamine groups is 1. The number of ether oxygens (including phenoxy) is 6. The maximum Gasteiger partial charge on any atom is 0.311 e. The van der Waals surface area contributed by atoms with Crippen LogP contribution < -0.4 is 5.48 Å². The molecular weight excluding hydrogens is 945 g/mol. The third-order valence-electron chi connectivity index (χ3n) is 16.0. The van der Waals surface area contributed by atoms with Crippen molar-refractivity contribution in [2.45, 2.75) is 230 Å². The summed E-state index contributed by atoms with van der Waals surface area (Å²) in [6.45, 7) is 19.1. The number of rotatable bonds is 17. The lowest BCUT2D eigenvalue weighted by molar-refractivity contribution is -0.318. The van der Waals surface area contributed by atoms with Crippen molar-refractivity contribution >= 4 is 11.9 Å². The van der Waals surface area contributed by atoms with Gasteiger partial charge in [0.2, 0.25) is 5.91 Å². The summed E-state index contributed by atoms with van der Waals surface area (Å²) in [6.07, 6.45) is -3.66. The van der Waals surface area contributed by atoms with Crippen molar-refractivity contribution in [3.63, 3.8) is 0 Å². The number of carbonyl (C=O) groups is 2. The van der Waals surface area contributed by atoms with E-state index in [1.165, 1.54) is 14.0 Å². The van der Waals surface area contributed by atoms with Gasteiger partial charge in [0.05, 0.1) is 47.7 Å². The maximum atomic E-state index is 14.5. The highest BCUT2D eigenvalue weighted by molar-refractivity contribution is 5.74. The van der Waals surface area contributed by atoms with Crippen LogP contribution in [0.4, 0.5) is 0 Å². The highest BCUT2D eigenvalue weighted by Gasteiger charge is 2.53. The molecule has 2 aromatic rings. The molecule has 7 N–H and O–H groups in total. The largest absolute Gasteiger partial charge is 0.459 e. The highest BCUT2D eigenvalue weighted by Crippen LogP contribution is 2.40. The van der Waals surface area contributed by atoms with Crippen LogP contribution in [0, 0.1) is 17.8 Å². The van der Waals surface area contributed by atoms with Gasteiger partial charge in [0.15, 0.2) is 12.6 Å². The molecular formula is C53H90N6O14. The zero-order chi connectivity index (χ0) is 54.2.